The van der Waals surface area contributed by atoms with Crippen LogP contribution in [0.15, 0.2) is 0 Å². The molecule has 0 amide bonds. The third-order valence-electron chi connectivity index (χ3n) is 4.70. The maximum absolute atomic E-state index is 12.1. The van der Waals surface area contributed by atoms with E-state index in [0.29, 0.717) is 11.5 Å². The monoisotopic (exact) mass is 253 g/mol. The van der Waals surface area contributed by atoms with E-state index in [1.807, 2.05) is 0 Å². The largest absolute Gasteiger partial charge is 0.468 e. The SMILES string of the molecule is COC(=O)C1(NC2CC2)CCC(C(C)(C)C)CC1. The molecule has 2 rings (SSSR count). The van der Waals surface area contributed by atoms with Gasteiger partial charge in [-0.1, -0.05) is 20.8 Å². The van der Waals surface area contributed by atoms with Crippen LogP contribution in [-0.2, 0) is 9.53 Å². The van der Waals surface area contributed by atoms with Gasteiger partial charge in [0.25, 0.3) is 0 Å². The Morgan fingerprint density at radius 1 is 1.17 bits per heavy atom. The number of nitrogens with one attached hydrogen (secondary N) is 1. The highest BCUT2D eigenvalue weighted by Gasteiger charge is 2.47. The first-order valence-corrected chi connectivity index (χ1v) is 7.23. The van der Waals surface area contributed by atoms with Crippen molar-refractivity contribution in [2.24, 2.45) is 11.3 Å². The van der Waals surface area contributed by atoms with Crippen molar-refractivity contribution in [1.82, 2.24) is 5.32 Å². The molecule has 0 aliphatic heterocycles. The van der Waals surface area contributed by atoms with Crippen LogP contribution >= 0.6 is 0 Å². The van der Waals surface area contributed by atoms with Gasteiger partial charge < -0.3 is 4.74 Å². The first-order valence-electron chi connectivity index (χ1n) is 7.23. The highest BCUT2D eigenvalue weighted by Crippen LogP contribution is 2.42. The van der Waals surface area contributed by atoms with E-state index in [2.05, 4.69) is 26.1 Å². The van der Waals surface area contributed by atoms with Crippen LogP contribution in [0.5, 0.6) is 0 Å². The van der Waals surface area contributed by atoms with Crippen LogP contribution < -0.4 is 5.32 Å². The average Bonchev–Trinajstić information content (AvgIpc) is 3.11. The third-order valence-corrected chi connectivity index (χ3v) is 4.70. The number of esters is 1. The van der Waals surface area contributed by atoms with Crippen molar-refractivity contribution in [1.29, 1.82) is 0 Å². The van der Waals surface area contributed by atoms with Gasteiger partial charge in [-0.05, 0) is 49.9 Å². The summed E-state index contributed by atoms with van der Waals surface area (Å²) in [6, 6.07) is 0.551. The van der Waals surface area contributed by atoms with Gasteiger partial charge in [0.15, 0.2) is 0 Å². The normalized spacial score (nSPS) is 33.2. The summed E-state index contributed by atoms with van der Waals surface area (Å²) < 4.78 is 5.04. The molecule has 0 bridgehead atoms. The van der Waals surface area contributed by atoms with Gasteiger partial charge in [-0.2, -0.15) is 0 Å². The zero-order valence-electron chi connectivity index (χ0n) is 12.2. The summed E-state index contributed by atoms with van der Waals surface area (Å²) in [5.74, 6) is 0.665. The van der Waals surface area contributed by atoms with Crippen LogP contribution in [0.3, 0.4) is 0 Å². The van der Waals surface area contributed by atoms with Crippen LogP contribution in [0.25, 0.3) is 0 Å². The Labute approximate surface area is 111 Å². The Morgan fingerprint density at radius 2 is 1.72 bits per heavy atom. The molecule has 104 valence electrons. The number of rotatable bonds is 3. The van der Waals surface area contributed by atoms with Gasteiger partial charge in [0.2, 0.25) is 0 Å². The molecule has 2 aliphatic rings. The molecule has 0 spiro atoms. The van der Waals surface area contributed by atoms with Gasteiger partial charge in [0.05, 0.1) is 7.11 Å². The summed E-state index contributed by atoms with van der Waals surface area (Å²) in [6.45, 7) is 6.91. The second-order valence-electron chi connectivity index (χ2n) is 7.13. The molecule has 0 aromatic heterocycles. The van der Waals surface area contributed by atoms with Crippen LogP contribution in [0, 0.1) is 11.3 Å². The maximum atomic E-state index is 12.1. The molecule has 0 atom stereocenters. The van der Waals surface area contributed by atoms with E-state index >= 15 is 0 Å². The van der Waals surface area contributed by atoms with Gasteiger partial charge in [-0.3, -0.25) is 10.1 Å². The summed E-state index contributed by atoms with van der Waals surface area (Å²) in [5.41, 5.74) is -0.0421. The Bertz CT molecular complexity index is 307. The lowest BCUT2D eigenvalue weighted by Gasteiger charge is -2.43. The number of ether oxygens (including phenoxy) is 1. The predicted molar refractivity (Wildman–Crippen MR) is 72.3 cm³/mol. The molecule has 2 fully saturated rings. The zero-order chi connectivity index (χ0) is 13.4. The van der Waals surface area contributed by atoms with Crippen LogP contribution in [-0.4, -0.2) is 24.7 Å². The number of hydrogen-bond acceptors (Lipinski definition) is 3. The molecule has 0 unspecified atom stereocenters. The Balaban J connectivity index is 2.02. The van der Waals surface area contributed by atoms with Crippen LogP contribution in [0.4, 0.5) is 0 Å². The van der Waals surface area contributed by atoms with E-state index in [0.717, 1.165) is 31.6 Å². The van der Waals surface area contributed by atoms with Crippen molar-refractivity contribution in [2.75, 3.05) is 7.11 Å². The minimum Gasteiger partial charge on any atom is -0.468 e. The van der Waals surface area contributed by atoms with Crippen molar-refractivity contribution in [3.05, 3.63) is 0 Å². The van der Waals surface area contributed by atoms with Crippen molar-refractivity contribution in [2.45, 2.75) is 70.9 Å². The van der Waals surface area contributed by atoms with Gasteiger partial charge in [0.1, 0.15) is 5.54 Å². The van der Waals surface area contributed by atoms with E-state index in [4.69, 9.17) is 4.74 Å². The zero-order valence-corrected chi connectivity index (χ0v) is 12.2. The lowest BCUT2D eigenvalue weighted by molar-refractivity contribution is -0.151. The fourth-order valence-electron chi connectivity index (χ4n) is 3.20. The van der Waals surface area contributed by atoms with E-state index in [1.165, 1.54) is 20.0 Å². The van der Waals surface area contributed by atoms with E-state index < -0.39 is 5.54 Å². The fraction of sp³-hybridized carbons (Fsp3) is 0.933. The third kappa shape index (κ3) is 2.87. The first kappa shape index (κ1) is 13.9. The maximum Gasteiger partial charge on any atom is 0.326 e. The summed E-state index contributed by atoms with van der Waals surface area (Å²) in [6.07, 6.45) is 6.52. The Morgan fingerprint density at radius 3 is 2.11 bits per heavy atom. The molecule has 0 aromatic carbocycles. The summed E-state index contributed by atoms with van der Waals surface area (Å²) in [5, 5.41) is 3.55. The molecule has 2 saturated carbocycles. The lowest BCUT2D eigenvalue weighted by Crippen LogP contribution is -2.56. The Hall–Kier alpha value is -0.570. The van der Waals surface area contributed by atoms with Gasteiger partial charge in [0, 0.05) is 6.04 Å². The summed E-state index contributed by atoms with van der Waals surface area (Å²) in [4.78, 5) is 12.1. The molecule has 1 N–H and O–H groups in total. The van der Waals surface area contributed by atoms with Crippen LogP contribution in [0.1, 0.15) is 59.3 Å². The fourth-order valence-corrected chi connectivity index (χ4v) is 3.20. The number of carbonyl (C=O) groups is 1. The molecule has 3 nitrogen and oxygen atoms in total. The lowest BCUT2D eigenvalue weighted by atomic mass is 9.67. The average molecular weight is 253 g/mol. The number of hydrogen-bond donors (Lipinski definition) is 1. The van der Waals surface area contributed by atoms with Gasteiger partial charge in [-0.25, -0.2) is 0 Å². The first-order chi connectivity index (χ1) is 8.37. The highest BCUT2D eigenvalue weighted by atomic mass is 16.5. The number of carbonyl (C=O) groups excluding carboxylic acids is 1. The smallest absolute Gasteiger partial charge is 0.326 e. The second kappa shape index (κ2) is 4.84. The molecule has 0 radical (unpaired) electrons. The van der Waals surface area contributed by atoms with E-state index in [1.54, 1.807) is 0 Å². The van der Waals surface area contributed by atoms with E-state index in [9.17, 15) is 4.79 Å². The van der Waals surface area contributed by atoms with Crippen LogP contribution in [0.2, 0.25) is 0 Å². The topological polar surface area (TPSA) is 38.3 Å². The molecule has 18 heavy (non-hydrogen) atoms. The summed E-state index contributed by atoms with van der Waals surface area (Å²) in [7, 11) is 1.51. The molecule has 0 heterocycles. The molecular formula is C15H27NO2. The predicted octanol–water partition coefficient (Wildman–Crippen LogP) is 2.89. The molecular weight excluding hydrogens is 226 g/mol. The highest BCUT2D eigenvalue weighted by molar-refractivity contribution is 5.81. The molecule has 0 aromatic rings. The molecule has 2 aliphatic carbocycles. The minimum atomic E-state index is -0.391. The van der Waals surface area contributed by atoms with E-state index in [-0.39, 0.29) is 5.97 Å². The van der Waals surface area contributed by atoms with Gasteiger partial charge in [-0.15, -0.1) is 0 Å². The van der Waals surface area contributed by atoms with Crippen molar-refractivity contribution >= 4 is 5.97 Å². The summed E-state index contributed by atoms with van der Waals surface area (Å²) >= 11 is 0. The second-order valence-corrected chi connectivity index (χ2v) is 7.13. The standard InChI is InChI=1S/C15H27NO2/c1-14(2,3)11-7-9-15(10-8-11,13(17)18-4)16-12-5-6-12/h11-12,16H,5-10H2,1-4H3. The minimum absolute atomic E-state index is 0.0539. The van der Waals surface area contributed by atoms with Crippen molar-refractivity contribution in [3.8, 4) is 0 Å². The quantitative estimate of drug-likeness (QED) is 0.786. The van der Waals surface area contributed by atoms with Crippen molar-refractivity contribution in [3.63, 3.8) is 0 Å². The molecule has 0 saturated heterocycles. The Kier molecular flexibility index (Phi) is 3.72. The van der Waals surface area contributed by atoms with Crippen molar-refractivity contribution < 1.29 is 9.53 Å². The van der Waals surface area contributed by atoms with Gasteiger partial charge >= 0.3 is 5.97 Å². The molecule has 3 heteroatoms. The number of methoxy groups -OCH3 is 1.